The molecule has 0 bridgehead atoms. The molecule has 0 saturated heterocycles. The molecule has 0 unspecified atom stereocenters. The highest BCUT2D eigenvalue weighted by Crippen LogP contribution is 2.42. The molecular weight excluding hydrogens is 486 g/mol. The zero-order valence-corrected chi connectivity index (χ0v) is 21.5. The van der Waals surface area contributed by atoms with E-state index in [1.807, 2.05) is 59.2 Å². The van der Waals surface area contributed by atoms with Gasteiger partial charge in [0.05, 0.1) is 6.33 Å². The lowest BCUT2D eigenvalue weighted by atomic mass is 9.76. The monoisotopic (exact) mass is 511 g/mol. The van der Waals surface area contributed by atoms with Crippen LogP contribution in [0.15, 0.2) is 97.3 Å². The minimum atomic E-state index is -0.848. The first-order valence-corrected chi connectivity index (χ1v) is 12.2. The Morgan fingerprint density at radius 1 is 0.811 bits per heavy atom. The molecule has 5 aromatic rings. The number of halogens is 1. The Morgan fingerprint density at radius 2 is 1.30 bits per heavy atom. The Labute approximate surface area is 220 Å². The van der Waals surface area contributed by atoms with Crippen LogP contribution in [0.2, 0.25) is 5.15 Å². The molecule has 3 aromatic carbocycles. The molecule has 8 heteroatoms. The minimum Gasteiger partial charge on any atom is -0.444 e. The molecule has 0 atom stereocenters. The number of carbonyl (C=O) groups is 1. The predicted octanol–water partition coefficient (Wildman–Crippen LogP) is 6.67. The van der Waals surface area contributed by atoms with Crippen molar-refractivity contribution in [3.05, 3.63) is 119 Å². The normalized spacial score (nSPS) is 11.9. The summed E-state index contributed by atoms with van der Waals surface area (Å²) in [4.78, 5) is 26.0. The van der Waals surface area contributed by atoms with Gasteiger partial charge >= 0.3 is 6.09 Å². The number of anilines is 1. The summed E-state index contributed by atoms with van der Waals surface area (Å²) in [7, 11) is 0. The van der Waals surface area contributed by atoms with Crippen molar-refractivity contribution in [2.45, 2.75) is 31.9 Å². The Hall–Kier alpha value is -4.23. The molecule has 0 saturated carbocycles. The lowest BCUT2D eigenvalue weighted by molar-refractivity contribution is 0.0634. The lowest BCUT2D eigenvalue weighted by Gasteiger charge is -2.37. The number of nitrogens with one attached hydrogen (secondary N) is 1. The number of benzene rings is 3. The average Bonchev–Trinajstić information content (AvgIpc) is 3.30. The van der Waals surface area contributed by atoms with Gasteiger partial charge in [-0.15, -0.1) is 0 Å². The summed E-state index contributed by atoms with van der Waals surface area (Å²) < 4.78 is 7.37. The summed E-state index contributed by atoms with van der Waals surface area (Å²) in [6.07, 6.45) is 1.05. The van der Waals surface area contributed by atoms with E-state index in [9.17, 15) is 4.79 Å². The molecule has 186 valence electrons. The van der Waals surface area contributed by atoms with Gasteiger partial charge in [-0.2, -0.15) is 9.97 Å². The van der Waals surface area contributed by atoms with E-state index in [-0.39, 0.29) is 11.1 Å². The molecule has 0 aliphatic heterocycles. The van der Waals surface area contributed by atoms with Crippen LogP contribution in [-0.4, -0.2) is 31.2 Å². The SMILES string of the molecule is CC(C)(C)OC(=O)Nc1nc(Cl)c2ncn(C(c3ccccc3)(c3ccccc3)c3ccccc3)c2n1. The zero-order valence-electron chi connectivity index (χ0n) is 20.7. The van der Waals surface area contributed by atoms with E-state index in [0.29, 0.717) is 11.2 Å². The molecule has 0 aliphatic carbocycles. The third-order valence-corrected chi connectivity index (χ3v) is 6.17. The summed E-state index contributed by atoms with van der Waals surface area (Å²) in [5, 5.41) is 2.73. The maximum Gasteiger partial charge on any atom is 0.414 e. The number of aromatic nitrogens is 4. The molecular formula is C29H26ClN5O2. The topological polar surface area (TPSA) is 81.9 Å². The van der Waals surface area contributed by atoms with Crippen LogP contribution in [0.4, 0.5) is 10.7 Å². The number of carbonyl (C=O) groups excluding carboxylic acids is 1. The van der Waals surface area contributed by atoms with Crippen LogP contribution in [0, 0.1) is 0 Å². The van der Waals surface area contributed by atoms with Gasteiger partial charge in [-0.25, -0.2) is 9.78 Å². The van der Waals surface area contributed by atoms with Crippen molar-refractivity contribution in [2.24, 2.45) is 0 Å². The quantitative estimate of drug-likeness (QED) is 0.210. The molecule has 0 fully saturated rings. The number of fused-ring (bicyclic) bond motifs is 1. The van der Waals surface area contributed by atoms with E-state index >= 15 is 0 Å². The van der Waals surface area contributed by atoms with Crippen LogP contribution in [0.1, 0.15) is 37.5 Å². The summed E-state index contributed by atoms with van der Waals surface area (Å²) in [6, 6.07) is 30.5. The van der Waals surface area contributed by atoms with Gasteiger partial charge in [0.25, 0.3) is 0 Å². The fourth-order valence-corrected chi connectivity index (χ4v) is 4.73. The summed E-state index contributed by atoms with van der Waals surface area (Å²) in [6.45, 7) is 5.35. The molecule has 7 nitrogen and oxygen atoms in total. The van der Waals surface area contributed by atoms with Crippen LogP contribution in [0.5, 0.6) is 0 Å². The van der Waals surface area contributed by atoms with Crippen molar-refractivity contribution in [3.8, 4) is 0 Å². The highest BCUT2D eigenvalue weighted by atomic mass is 35.5. The van der Waals surface area contributed by atoms with Gasteiger partial charge in [-0.1, -0.05) is 103 Å². The Kier molecular flexibility index (Phi) is 6.39. The second-order valence-electron chi connectivity index (χ2n) is 9.56. The number of nitrogens with zero attached hydrogens (tertiary/aromatic N) is 4. The van der Waals surface area contributed by atoms with Gasteiger partial charge in [0.2, 0.25) is 5.95 Å². The first kappa shape index (κ1) is 24.5. The maximum atomic E-state index is 12.5. The van der Waals surface area contributed by atoms with Crippen LogP contribution >= 0.6 is 11.6 Å². The van der Waals surface area contributed by atoms with Crippen LogP contribution in [0.3, 0.4) is 0 Å². The fourth-order valence-electron chi connectivity index (χ4n) is 4.52. The number of ether oxygens (including phenoxy) is 1. The van der Waals surface area contributed by atoms with Crippen molar-refractivity contribution >= 4 is 34.8 Å². The Morgan fingerprint density at radius 3 is 1.76 bits per heavy atom. The van der Waals surface area contributed by atoms with Gasteiger partial charge in [0.1, 0.15) is 16.7 Å². The first-order valence-electron chi connectivity index (χ1n) is 11.9. The lowest BCUT2D eigenvalue weighted by Crippen LogP contribution is -2.37. The Balaban J connectivity index is 1.80. The third-order valence-electron chi connectivity index (χ3n) is 5.90. The average molecular weight is 512 g/mol. The van der Waals surface area contributed by atoms with E-state index in [1.54, 1.807) is 27.1 Å². The first-order chi connectivity index (χ1) is 17.8. The summed E-state index contributed by atoms with van der Waals surface area (Å²) >= 11 is 6.56. The van der Waals surface area contributed by atoms with Gasteiger partial charge in [0, 0.05) is 0 Å². The highest BCUT2D eigenvalue weighted by Gasteiger charge is 2.40. The summed E-state index contributed by atoms with van der Waals surface area (Å²) in [5.74, 6) is 0.0246. The van der Waals surface area contributed by atoms with E-state index < -0.39 is 17.2 Å². The van der Waals surface area contributed by atoms with E-state index in [0.717, 1.165) is 16.7 Å². The molecule has 37 heavy (non-hydrogen) atoms. The largest absolute Gasteiger partial charge is 0.444 e. The standard InChI is InChI=1S/C29H26ClN5O2/c1-28(2,3)37-27(36)34-26-32-24(30)23-25(33-26)35(19-31-23)29(20-13-7-4-8-14-20,21-15-9-5-10-16-21)22-17-11-6-12-18-22/h4-19H,1-3H3,(H,32,33,34,36). The van der Waals surface area contributed by atoms with E-state index in [2.05, 4.69) is 51.7 Å². The molecule has 0 radical (unpaired) electrons. The maximum absolute atomic E-state index is 12.5. The third kappa shape index (κ3) is 4.66. The second kappa shape index (κ2) is 9.67. The highest BCUT2D eigenvalue weighted by molar-refractivity contribution is 6.33. The van der Waals surface area contributed by atoms with Crippen LogP contribution in [0.25, 0.3) is 11.2 Å². The molecule has 1 amide bonds. The number of amides is 1. The fraction of sp³-hybridized carbons (Fsp3) is 0.172. The smallest absolute Gasteiger partial charge is 0.414 e. The second-order valence-corrected chi connectivity index (χ2v) is 9.92. The van der Waals surface area contributed by atoms with Gasteiger partial charge in [-0.05, 0) is 37.5 Å². The van der Waals surface area contributed by atoms with Crippen LogP contribution < -0.4 is 5.32 Å². The van der Waals surface area contributed by atoms with E-state index in [4.69, 9.17) is 21.3 Å². The number of imidazole rings is 1. The molecule has 0 aliphatic rings. The summed E-state index contributed by atoms with van der Waals surface area (Å²) in [5.41, 5.74) is 2.36. The van der Waals surface area contributed by atoms with Gasteiger partial charge in [-0.3, -0.25) is 9.88 Å². The minimum absolute atomic E-state index is 0.0246. The number of hydrogen-bond acceptors (Lipinski definition) is 5. The van der Waals surface area contributed by atoms with Crippen molar-refractivity contribution in [2.75, 3.05) is 5.32 Å². The van der Waals surface area contributed by atoms with Crippen molar-refractivity contribution in [1.29, 1.82) is 0 Å². The number of hydrogen-bond donors (Lipinski definition) is 1. The van der Waals surface area contributed by atoms with Crippen molar-refractivity contribution < 1.29 is 9.53 Å². The molecule has 5 rings (SSSR count). The Bertz CT molecular complexity index is 1430. The molecule has 2 heterocycles. The van der Waals surface area contributed by atoms with Crippen molar-refractivity contribution in [1.82, 2.24) is 19.5 Å². The zero-order chi connectivity index (χ0) is 26.0. The molecule has 2 aromatic heterocycles. The van der Waals surface area contributed by atoms with E-state index in [1.165, 1.54) is 0 Å². The van der Waals surface area contributed by atoms with Gasteiger partial charge in [0.15, 0.2) is 10.8 Å². The van der Waals surface area contributed by atoms with Crippen molar-refractivity contribution in [3.63, 3.8) is 0 Å². The van der Waals surface area contributed by atoms with Crippen LogP contribution in [-0.2, 0) is 10.3 Å². The van der Waals surface area contributed by atoms with Gasteiger partial charge < -0.3 is 4.74 Å². The predicted molar refractivity (Wildman–Crippen MR) is 145 cm³/mol. The molecule has 0 spiro atoms. The number of rotatable bonds is 5. The molecule has 1 N–H and O–H groups in total.